The van der Waals surface area contributed by atoms with Gasteiger partial charge in [-0.1, -0.05) is 35.5 Å². The van der Waals surface area contributed by atoms with Crippen molar-refractivity contribution in [3.05, 3.63) is 57.5 Å². The van der Waals surface area contributed by atoms with Crippen molar-refractivity contribution in [1.29, 1.82) is 0 Å². The maximum absolute atomic E-state index is 9.52. The van der Waals surface area contributed by atoms with E-state index in [-0.39, 0.29) is 0 Å². The molecular formula is C14H12BrClOS. The molecule has 0 bridgehead atoms. The molecule has 0 aliphatic rings. The van der Waals surface area contributed by atoms with Gasteiger partial charge in [-0.3, -0.25) is 0 Å². The van der Waals surface area contributed by atoms with E-state index in [0.717, 1.165) is 24.8 Å². The molecule has 1 N–H and O–H groups in total. The molecule has 0 aliphatic carbocycles. The lowest BCUT2D eigenvalue weighted by Crippen LogP contribution is -1.90. The van der Waals surface area contributed by atoms with Gasteiger partial charge in [0, 0.05) is 19.3 Å². The van der Waals surface area contributed by atoms with E-state index < -0.39 is 6.10 Å². The number of rotatable bonds is 3. The molecule has 0 aromatic heterocycles. The van der Waals surface area contributed by atoms with Gasteiger partial charge in [-0.05, 0) is 58.7 Å². The number of halogens is 2. The first-order chi connectivity index (χ1) is 8.56. The molecule has 1 atom stereocenters. The minimum Gasteiger partial charge on any atom is -0.389 e. The van der Waals surface area contributed by atoms with Crippen LogP contribution in [0.3, 0.4) is 0 Å². The molecule has 0 spiro atoms. The monoisotopic (exact) mass is 342 g/mol. The first kappa shape index (κ1) is 13.9. The first-order valence-electron chi connectivity index (χ1n) is 5.47. The lowest BCUT2D eigenvalue weighted by molar-refractivity contribution is 0.199. The molecule has 0 saturated heterocycles. The average molecular weight is 344 g/mol. The third kappa shape index (κ3) is 3.51. The van der Waals surface area contributed by atoms with Crippen molar-refractivity contribution in [3.8, 4) is 0 Å². The summed E-state index contributed by atoms with van der Waals surface area (Å²) in [5.74, 6) is 0. The Hall–Kier alpha value is -0.480. The molecule has 0 saturated carbocycles. The minimum atomic E-state index is -0.452. The van der Waals surface area contributed by atoms with Crippen LogP contribution in [-0.2, 0) is 0 Å². The van der Waals surface area contributed by atoms with Crippen LogP contribution >= 0.6 is 39.3 Å². The predicted octanol–water partition coefficient (Wildman–Crippen LogP) is 5.31. The zero-order chi connectivity index (χ0) is 13.1. The van der Waals surface area contributed by atoms with Gasteiger partial charge in [-0.15, -0.1) is 0 Å². The Morgan fingerprint density at radius 2 is 2.00 bits per heavy atom. The predicted molar refractivity (Wildman–Crippen MR) is 80.4 cm³/mol. The number of aliphatic hydroxyl groups excluding tert-OH is 1. The molecule has 4 heteroatoms. The van der Waals surface area contributed by atoms with Gasteiger partial charge >= 0.3 is 0 Å². The van der Waals surface area contributed by atoms with E-state index in [1.165, 1.54) is 0 Å². The molecule has 18 heavy (non-hydrogen) atoms. The van der Waals surface area contributed by atoms with Crippen molar-refractivity contribution in [3.63, 3.8) is 0 Å². The molecule has 0 aliphatic heterocycles. The quantitative estimate of drug-likeness (QED) is 0.815. The minimum absolute atomic E-state index is 0.452. The topological polar surface area (TPSA) is 20.2 Å². The van der Waals surface area contributed by atoms with Crippen LogP contribution in [0, 0.1) is 0 Å². The molecule has 0 heterocycles. The summed E-state index contributed by atoms with van der Waals surface area (Å²) in [4.78, 5) is 2.19. The smallest absolute Gasteiger partial charge is 0.0762 e. The third-order valence-electron chi connectivity index (χ3n) is 2.46. The maximum Gasteiger partial charge on any atom is 0.0762 e. The highest BCUT2D eigenvalue weighted by Gasteiger charge is 2.07. The summed E-state index contributed by atoms with van der Waals surface area (Å²) >= 11 is 11.1. The molecule has 2 rings (SSSR count). The molecule has 1 nitrogen and oxygen atoms in total. The second kappa shape index (κ2) is 6.11. The van der Waals surface area contributed by atoms with Gasteiger partial charge in [0.15, 0.2) is 0 Å². The van der Waals surface area contributed by atoms with E-state index in [1.54, 1.807) is 18.7 Å². The summed E-state index contributed by atoms with van der Waals surface area (Å²) in [6.45, 7) is 1.76. The molecule has 94 valence electrons. The van der Waals surface area contributed by atoms with Gasteiger partial charge in [-0.25, -0.2) is 0 Å². The number of hydrogen-bond acceptors (Lipinski definition) is 2. The Labute approximate surface area is 124 Å². The van der Waals surface area contributed by atoms with Crippen LogP contribution in [0.25, 0.3) is 0 Å². The number of hydrogen-bond donors (Lipinski definition) is 1. The van der Waals surface area contributed by atoms with Crippen LogP contribution in [0.4, 0.5) is 0 Å². The fourth-order valence-corrected chi connectivity index (χ4v) is 3.29. The van der Waals surface area contributed by atoms with Crippen molar-refractivity contribution in [2.45, 2.75) is 22.8 Å². The average Bonchev–Trinajstić information content (AvgIpc) is 2.31. The van der Waals surface area contributed by atoms with Gasteiger partial charge in [0.05, 0.1) is 6.10 Å². The van der Waals surface area contributed by atoms with Crippen LogP contribution in [0.15, 0.2) is 56.7 Å². The van der Waals surface area contributed by atoms with Gasteiger partial charge in [-0.2, -0.15) is 0 Å². The Kier molecular flexibility index (Phi) is 4.73. The van der Waals surface area contributed by atoms with Gasteiger partial charge in [0.1, 0.15) is 0 Å². The second-order valence-electron chi connectivity index (χ2n) is 3.93. The first-order valence-corrected chi connectivity index (χ1v) is 7.46. The molecule has 0 fully saturated rings. The van der Waals surface area contributed by atoms with Gasteiger partial charge in [0.25, 0.3) is 0 Å². The number of benzene rings is 2. The zero-order valence-electron chi connectivity index (χ0n) is 9.73. The van der Waals surface area contributed by atoms with E-state index in [2.05, 4.69) is 15.9 Å². The summed E-state index contributed by atoms with van der Waals surface area (Å²) in [6, 6.07) is 13.6. The molecule has 0 amide bonds. The fraction of sp³-hybridized carbons (Fsp3) is 0.143. The molecule has 2 aromatic rings. The fourth-order valence-electron chi connectivity index (χ4n) is 1.52. The normalized spacial score (nSPS) is 12.4. The van der Waals surface area contributed by atoms with E-state index in [1.807, 2.05) is 42.5 Å². The molecule has 0 unspecified atom stereocenters. The van der Waals surface area contributed by atoms with Crippen molar-refractivity contribution >= 4 is 39.3 Å². The van der Waals surface area contributed by atoms with E-state index in [0.29, 0.717) is 0 Å². The summed E-state index contributed by atoms with van der Waals surface area (Å²) in [5, 5.41) is 10.3. The van der Waals surface area contributed by atoms with E-state index in [4.69, 9.17) is 11.6 Å². The van der Waals surface area contributed by atoms with Crippen molar-refractivity contribution in [2.24, 2.45) is 0 Å². The summed E-state index contributed by atoms with van der Waals surface area (Å²) in [6.07, 6.45) is -0.452. The Morgan fingerprint density at radius 1 is 1.22 bits per heavy atom. The van der Waals surface area contributed by atoms with Crippen LogP contribution < -0.4 is 0 Å². The van der Waals surface area contributed by atoms with Crippen LogP contribution in [0.5, 0.6) is 0 Å². The molecule has 0 radical (unpaired) electrons. The Bertz CT molecular complexity index is 557. The van der Waals surface area contributed by atoms with Crippen LogP contribution in [0.2, 0.25) is 5.02 Å². The molecular weight excluding hydrogens is 332 g/mol. The third-order valence-corrected chi connectivity index (χ3v) is 4.68. The highest BCUT2D eigenvalue weighted by Crippen LogP contribution is 2.35. The maximum atomic E-state index is 9.52. The van der Waals surface area contributed by atoms with Crippen LogP contribution in [-0.4, -0.2) is 5.11 Å². The van der Waals surface area contributed by atoms with E-state index in [9.17, 15) is 5.11 Å². The van der Waals surface area contributed by atoms with Crippen molar-refractivity contribution in [1.82, 2.24) is 0 Å². The summed E-state index contributed by atoms with van der Waals surface area (Å²) in [5.41, 5.74) is 0.900. The highest BCUT2D eigenvalue weighted by atomic mass is 79.9. The second-order valence-corrected chi connectivity index (χ2v) is 6.33. The van der Waals surface area contributed by atoms with Crippen molar-refractivity contribution in [2.75, 3.05) is 0 Å². The summed E-state index contributed by atoms with van der Waals surface area (Å²) < 4.78 is 0.978. The lowest BCUT2D eigenvalue weighted by Gasteiger charge is -2.09. The van der Waals surface area contributed by atoms with Gasteiger partial charge < -0.3 is 5.11 Å². The summed E-state index contributed by atoms with van der Waals surface area (Å²) in [7, 11) is 0. The SMILES string of the molecule is C[C@H](O)c1ccc(Sc2cccc(Cl)c2)c(Br)c1. The zero-order valence-corrected chi connectivity index (χ0v) is 12.9. The molecule has 2 aromatic carbocycles. The highest BCUT2D eigenvalue weighted by molar-refractivity contribution is 9.10. The Morgan fingerprint density at radius 3 is 2.61 bits per heavy atom. The standard InChI is InChI=1S/C14H12BrClOS/c1-9(17)10-5-6-14(13(15)7-10)18-12-4-2-3-11(16)8-12/h2-9,17H,1H3/t9-/m0/s1. The number of aliphatic hydroxyl groups is 1. The lowest BCUT2D eigenvalue weighted by atomic mass is 10.1. The van der Waals surface area contributed by atoms with Crippen LogP contribution in [0.1, 0.15) is 18.6 Å². The largest absolute Gasteiger partial charge is 0.389 e. The Balaban J connectivity index is 2.24. The van der Waals surface area contributed by atoms with Crippen molar-refractivity contribution < 1.29 is 5.11 Å². The van der Waals surface area contributed by atoms with E-state index >= 15 is 0 Å². The van der Waals surface area contributed by atoms with Gasteiger partial charge in [0.2, 0.25) is 0 Å².